The maximum atomic E-state index is 14.6. The van der Waals surface area contributed by atoms with Crippen molar-refractivity contribution >= 4 is 39.1 Å². The summed E-state index contributed by atoms with van der Waals surface area (Å²) in [4.78, 5) is 16.1. The summed E-state index contributed by atoms with van der Waals surface area (Å²) >= 11 is 12.2. The molecule has 2 aromatic carbocycles. The molecule has 12 heteroatoms. The zero-order valence-corrected chi connectivity index (χ0v) is 19.7. The third kappa shape index (κ3) is 5.52. The van der Waals surface area contributed by atoms with Gasteiger partial charge in [-0.3, -0.25) is 4.79 Å². The van der Waals surface area contributed by atoms with Crippen molar-refractivity contribution in [3.63, 3.8) is 0 Å². The third-order valence-corrected chi connectivity index (χ3v) is 5.50. The van der Waals surface area contributed by atoms with E-state index in [4.69, 9.17) is 32.7 Å². The number of carbonyl (C=O) groups excluding carboxylic acids is 1. The molecule has 0 unspecified atom stereocenters. The smallest absolute Gasteiger partial charge is 0.267 e. The summed E-state index contributed by atoms with van der Waals surface area (Å²) in [5.41, 5.74) is 0.229. The first-order valence-electron chi connectivity index (χ1n) is 9.09. The molecule has 0 saturated heterocycles. The molecule has 3 aromatic rings. The molecule has 3 rings (SSSR count). The first-order chi connectivity index (χ1) is 15.4. The summed E-state index contributed by atoms with van der Waals surface area (Å²) < 4.78 is 63.9. The predicted octanol–water partition coefficient (Wildman–Crippen LogP) is 5.13. The molecular weight excluding hydrogens is 501 g/mol. The van der Waals surface area contributed by atoms with E-state index in [9.17, 15) is 22.0 Å². The molecule has 7 nitrogen and oxygen atoms in total. The van der Waals surface area contributed by atoms with Gasteiger partial charge >= 0.3 is 0 Å². The number of carbonyl (C=O) groups is 1. The molecule has 174 valence electrons. The fraction of sp³-hybridized carbons (Fsp3) is 0.143. The lowest BCUT2D eigenvalue weighted by atomic mass is 10.0. The van der Waals surface area contributed by atoms with Crippen molar-refractivity contribution in [1.29, 1.82) is 0 Å². The number of methoxy groups -OCH3 is 1. The van der Waals surface area contributed by atoms with Crippen LogP contribution in [0.4, 0.5) is 8.78 Å². The van der Waals surface area contributed by atoms with E-state index in [1.165, 1.54) is 38.4 Å². The quantitative estimate of drug-likeness (QED) is 0.487. The van der Waals surface area contributed by atoms with Gasteiger partial charge in [-0.25, -0.2) is 26.9 Å². The normalized spacial score (nSPS) is 11.2. The molecule has 0 atom stereocenters. The molecule has 1 N–H and O–H groups in total. The van der Waals surface area contributed by atoms with Crippen molar-refractivity contribution in [2.75, 3.05) is 13.4 Å². The molecule has 0 bridgehead atoms. The Morgan fingerprint density at radius 1 is 1.12 bits per heavy atom. The summed E-state index contributed by atoms with van der Waals surface area (Å²) in [6.45, 7) is 1.54. The highest BCUT2D eigenvalue weighted by Crippen LogP contribution is 2.39. The summed E-state index contributed by atoms with van der Waals surface area (Å²) in [7, 11) is -2.62. The largest absolute Gasteiger partial charge is 0.496 e. The SMILES string of the molecule is COc1cc(C(=O)NS(C)(=O)=O)c(F)cc1-c1cnc(Oc2c(Cl)ccc(C)c2F)c(Cl)c1. The zero-order chi connectivity index (χ0) is 24.5. The van der Waals surface area contributed by atoms with E-state index >= 15 is 0 Å². The maximum Gasteiger partial charge on any atom is 0.267 e. The average Bonchev–Trinajstić information content (AvgIpc) is 2.73. The van der Waals surface area contributed by atoms with E-state index in [1.807, 2.05) is 0 Å². The van der Waals surface area contributed by atoms with Gasteiger partial charge < -0.3 is 9.47 Å². The summed E-state index contributed by atoms with van der Waals surface area (Å²) in [6, 6.07) is 6.35. The van der Waals surface area contributed by atoms with Gasteiger partial charge in [0.05, 0.1) is 24.0 Å². The number of amides is 1. The number of hydrogen-bond acceptors (Lipinski definition) is 6. The molecule has 0 aliphatic heterocycles. The summed E-state index contributed by atoms with van der Waals surface area (Å²) in [5, 5.41) is -0.0161. The van der Waals surface area contributed by atoms with Gasteiger partial charge in [-0.05, 0) is 36.8 Å². The van der Waals surface area contributed by atoms with Crippen molar-refractivity contribution < 1.29 is 31.5 Å². The predicted molar refractivity (Wildman–Crippen MR) is 120 cm³/mol. The Hall–Kier alpha value is -2.95. The average molecular weight is 517 g/mol. The van der Waals surface area contributed by atoms with Crippen LogP contribution in [0.25, 0.3) is 11.1 Å². The summed E-state index contributed by atoms with van der Waals surface area (Å²) in [5.74, 6) is -3.17. The Morgan fingerprint density at radius 3 is 2.42 bits per heavy atom. The fourth-order valence-electron chi connectivity index (χ4n) is 2.81. The molecule has 0 aliphatic carbocycles. The number of rotatable bonds is 6. The minimum Gasteiger partial charge on any atom is -0.496 e. The number of nitrogens with one attached hydrogen (secondary N) is 1. The van der Waals surface area contributed by atoms with Gasteiger partial charge in [0.1, 0.15) is 16.6 Å². The van der Waals surface area contributed by atoms with E-state index in [2.05, 4.69) is 4.98 Å². The van der Waals surface area contributed by atoms with Crippen molar-refractivity contribution in [2.45, 2.75) is 6.92 Å². The second-order valence-electron chi connectivity index (χ2n) is 6.86. The van der Waals surface area contributed by atoms with Crippen molar-refractivity contribution in [1.82, 2.24) is 9.71 Å². The fourth-order valence-corrected chi connectivity index (χ4v) is 3.65. The number of benzene rings is 2. The molecule has 1 aromatic heterocycles. The van der Waals surface area contributed by atoms with Crippen LogP contribution in [0.3, 0.4) is 0 Å². The number of nitrogens with zero attached hydrogens (tertiary/aromatic N) is 1. The lowest BCUT2D eigenvalue weighted by Crippen LogP contribution is -2.30. The molecule has 0 fully saturated rings. The second-order valence-corrected chi connectivity index (χ2v) is 9.42. The third-order valence-electron chi connectivity index (χ3n) is 4.37. The Labute approximate surface area is 198 Å². The Kier molecular flexibility index (Phi) is 7.11. The van der Waals surface area contributed by atoms with Crippen molar-refractivity contribution in [3.8, 4) is 28.5 Å². The van der Waals surface area contributed by atoms with Crippen molar-refractivity contribution in [2.24, 2.45) is 0 Å². The molecule has 33 heavy (non-hydrogen) atoms. The van der Waals surface area contributed by atoms with Gasteiger partial charge in [-0.1, -0.05) is 29.3 Å². The Morgan fingerprint density at radius 2 is 1.82 bits per heavy atom. The zero-order valence-electron chi connectivity index (χ0n) is 17.4. The second kappa shape index (κ2) is 9.50. The number of sulfonamides is 1. The highest BCUT2D eigenvalue weighted by atomic mass is 35.5. The lowest BCUT2D eigenvalue weighted by molar-refractivity contribution is 0.0977. The van der Waals surface area contributed by atoms with Gasteiger partial charge in [0.2, 0.25) is 15.9 Å². The van der Waals surface area contributed by atoms with Crippen LogP contribution in [0.5, 0.6) is 17.4 Å². The number of aromatic nitrogens is 1. The minimum absolute atomic E-state index is 0.0201. The molecular formula is C21H16Cl2F2N2O5S. The Bertz CT molecular complexity index is 1370. The monoisotopic (exact) mass is 516 g/mol. The van der Waals surface area contributed by atoms with Gasteiger partial charge in [0.25, 0.3) is 5.91 Å². The van der Waals surface area contributed by atoms with Crippen LogP contribution in [0.15, 0.2) is 36.5 Å². The highest BCUT2D eigenvalue weighted by Gasteiger charge is 2.21. The van der Waals surface area contributed by atoms with Gasteiger partial charge in [0, 0.05) is 17.3 Å². The van der Waals surface area contributed by atoms with Crippen LogP contribution in [-0.4, -0.2) is 32.7 Å². The number of hydrogen-bond donors (Lipinski definition) is 1. The standard InChI is InChI=1S/C21H16Cl2F2N2O5S/c1-10-4-5-14(22)19(18(10)25)32-21-15(23)6-11(9-26-21)12-7-16(24)13(8-17(12)31-2)20(28)27-33(3,29)30/h4-9H,1-3H3,(H,27,28). The van der Waals surface area contributed by atoms with Crippen LogP contribution in [-0.2, 0) is 10.0 Å². The van der Waals surface area contributed by atoms with Crippen LogP contribution in [0, 0.1) is 18.6 Å². The minimum atomic E-state index is -3.90. The number of ether oxygens (including phenoxy) is 2. The Balaban J connectivity index is 1.99. The summed E-state index contributed by atoms with van der Waals surface area (Å²) in [6.07, 6.45) is 2.04. The molecule has 0 spiro atoms. The van der Waals surface area contributed by atoms with Gasteiger partial charge in [0.15, 0.2) is 11.6 Å². The molecule has 0 radical (unpaired) electrons. The molecule has 1 heterocycles. The van der Waals surface area contributed by atoms with E-state index in [0.717, 1.165) is 18.4 Å². The first kappa shape index (κ1) is 24.7. The van der Waals surface area contributed by atoms with E-state index in [0.29, 0.717) is 5.56 Å². The molecule has 1 amide bonds. The van der Waals surface area contributed by atoms with Crippen LogP contribution < -0.4 is 14.2 Å². The number of aryl methyl sites for hydroxylation is 1. The number of pyridine rings is 1. The first-order valence-corrected chi connectivity index (χ1v) is 11.7. The maximum absolute atomic E-state index is 14.6. The van der Waals surface area contributed by atoms with Crippen LogP contribution >= 0.6 is 23.2 Å². The van der Waals surface area contributed by atoms with E-state index in [-0.39, 0.29) is 38.6 Å². The van der Waals surface area contributed by atoms with E-state index in [1.54, 1.807) is 4.72 Å². The lowest BCUT2D eigenvalue weighted by Gasteiger charge is -2.14. The van der Waals surface area contributed by atoms with E-state index < -0.39 is 33.1 Å². The van der Waals surface area contributed by atoms with Crippen LogP contribution in [0.2, 0.25) is 10.0 Å². The van der Waals surface area contributed by atoms with Gasteiger partial charge in [-0.2, -0.15) is 0 Å². The van der Waals surface area contributed by atoms with Crippen LogP contribution in [0.1, 0.15) is 15.9 Å². The molecule has 0 saturated carbocycles. The molecule has 0 aliphatic rings. The number of halogens is 4. The topological polar surface area (TPSA) is 94.6 Å². The van der Waals surface area contributed by atoms with Crippen molar-refractivity contribution in [3.05, 3.63) is 69.3 Å². The van der Waals surface area contributed by atoms with Gasteiger partial charge in [-0.15, -0.1) is 0 Å². The highest BCUT2D eigenvalue weighted by molar-refractivity contribution is 7.89.